The summed E-state index contributed by atoms with van der Waals surface area (Å²) < 4.78 is 11.0. The first-order valence-electron chi connectivity index (χ1n) is 11.2. The number of hydrogen-bond acceptors (Lipinski definition) is 5. The van der Waals surface area contributed by atoms with Gasteiger partial charge in [0.1, 0.15) is 11.2 Å². The number of benzene rings is 1. The summed E-state index contributed by atoms with van der Waals surface area (Å²) in [6, 6.07) is 9.94. The van der Waals surface area contributed by atoms with Crippen molar-refractivity contribution in [3.05, 3.63) is 35.9 Å². The molecule has 0 saturated carbocycles. The molecule has 2 N–H and O–H groups in total. The Morgan fingerprint density at radius 2 is 1.65 bits per heavy atom. The molecule has 31 heavy (non-hydrogen) atoms. The number of alkyl carbamates (subject to hydrolysis) is 1. The smallest absolute Gasteiger partial charge is 0.410 e. The van der Waals surface area contributed by atoms with Crippen LogP contribution in [0.5, 0.6) is 0 Å². The van der Waals surface area contributed by atoms with E-state index in [9.17, 15) is 9.59 Å². The molecule has 2 rings (SSSR count). The predicted molar refractivity (Wildman–Crippen MR) is 122 cm³/mol. The third-order valence-corrected chi connectivity index (χ3v) is 4.88. The number of ether oxygens (including phenoxy) is 2. The largest absolute Gasteiger partial charge is 0.444 e. The van der Waals surface area contributed by atoms with Crippen molar-refractivity contribution in [2.24, 2.45) is 0 Å². The van der Waals surface area contributed by atoms with Gasteiger partial charge in [0.05, 0.1) is 6.04 Å². The van der Waals surface area contributed by atoms with E-state index in [4.69, 9.17) is 9.47 Å². The van der Waals surface area contributed by atoms with Crippen LogP contribution in [-0.2, 0) is 9.47 Å². The average Bonchev–Trinajstić information content (AvgIpc) is 2.89. The molecule has 0 radical (unpaired) electrons. The van der Waals surface area contributed by atoms with Gasteiger partial charge in [0.2, 0.25) is 0 Å². The molecule has 1 aromatic rings. The highest BCUT2D eigenvalue weighted by Gasteiger charge is 2.26. The number of nitrogens with zero attached hydrogens (tertiary/aromatic N) is 1. The molecular weight excluding hydrogens is 394 g/mol. The van der Waals surface area contributed by atoms with Gasteiger partial charge in [0, 0.05) is 25.7 Å². The van der Waals surface area contributed by atoms with Crippen LogP contribution in [0.15, 0.2) is 30.3 Å². The van der Waals surface area contributed by atoms with E-state index in [1.165, 1.54) is 0 Å². The van der Waals surface area contributed by atoms with Crippen LogP contribution in [0, 0.1) is 0 Å². The Hall–Kier alpha value is -2.28. The molecule has 1 fully saturated rings. The molecule has 1 saturated heterocycles. The topological polar surface area (TPSA) is 79.9 Å². The van der Waals surface area contributed by atoms with E-state index >= 15 is 0 Å². The van der Waals surface area contributed by atoms with Crippen molar-refractivity contribution in [3.8, 4) is 0 Å². The predicted octanol–water partition coefficient (Wildman–Crippen LogP) is 4.63. The summed E-state index contributed by atoms with van der Waals surface area (Å²) in [4.78, 5) is 26.5. The lowest BCUT2D eigenvalue weighted by Gasteiger charge is -2.27. The molecule has 1 aromatic carbocycles. The van der Waals surface area contributed by atoms with Crippen LogP contribution in [0.3, 0.4) is 0 Å². The zero-order chi connectivity index (χ0) is 23.1. The van der Waals surface area contributed by atoms with Gasteiger partial charge < -0.3 is 25.0 Å². The third-order valence-electron chi connectivity index (χ3n) is 4.88. The Balaban J connectivity index is 1.93. The zero-order valence-corrected chi connectivity index (χ0v) is 19.9. The molecule has 2 unspecified atom stereocenters. The highest BCUT2D eigenvalue weighted by Crippen LogP contribution is 2.18. The quantitative estimate of drug-likeness (QED) is 0.708. The second-order valence-electron chi connectivity index (χ2n) is 10.1. The molecule has 2 atom stereocenters. The van der Waals surface area contributed by atoms with E-state index in [0.717, 1.165) is 24.8 Å². The first-order valence-corrected chi connectivity index (χ1v) is 11.2. The second-order valence-corrected chi connectivity index (χ2v) is 10.1. The Labute approximate surface area is 186 Å². The fourth-order valence-corrected chi connectivity index (χ4v) is 3.48. The fraction of sp³-hybridized carbons (Fsp3) is 0.667. The van der Waals surface area contributed by atoms with E-state index in [2.05, 4.69) is 10.6 Å². The summed E-state index contributed by atoms with van der Waals surface area (Å²) in [6.07, 6.45) is 2.04. The number of carbonyl (C=O) groups excluding carboxylic acids is 2. The SMILES string of the molecule is CC(C)(C)OC(=O)NC(CNC1CCCN(C(=O)OC(C)(C)C)CC1)c1ccccc1. The standard InChI is InChI=1S/C24H39N3O4/c1-23(2,3)30-21(28)26-20(18-11-8-7-9-12-18)17-25-19-13-10-15-27(16-14-19)22(29)31-24(4,5)6/h7-9,11-12,19-20,25H,10,13-17H2,1-6H3,(H,26,28). The van der Waals surface area contributed by atoms with Gasteiger partial charge in [0.15, 0.2) is 0 Å². The molecule has 0 aliphatic carbocycles. The number of hydrogen-bond donors (Lipinski definition) is 2. The minimum atomic E-state index is -0.550. The molecular formula is C24H39N3O4. The van der Waals surface area contributed by atoms with Gasteiger partial charge in [-0.05, 0) is 66.4 Å². The zero-order valence-electron chi connectivity index (χ0n) is 19.9. The van der Waals surface area contributed by atoms with E-state index in [1.807, 2.05) is 71.9 Å². The van der Waals surface area contributed by atoms with Gasteiger partial charge in [-0.1, -0.05) is 30.3 Å². The van der Waals surface area contributed by atoms with Crippen molar-refractivity contribution < 1.29 is 19.1 Å². The molecule has 1 aliphatic rings. The van der Waals surface area contributed by atoms with Crippen LogP contribution < -0.4 is 10.6 Å². The van der Waals surface area contributed by atoms with E-state index in [-0.39, 0.29) is 18.2 Å². The monoisotopic (exact) mass is 433 g/mol. The van der Waals surface area contributed by atoms with Crippen LogP contribution in [0.4, 0.5) is 9.59 Å². The van der Waals surface area contributed by atoms with Gasteiger partial charge in [-0.3, -0.25) is 0 Å². The summed E-state index contributed by atoms with van der Waals surface area (Å²) in [5.41, 5.74) is -0.0209. The Kier molecular flexibility index (Phi) is 8.74. The summed E-state index contributed by atoms with van der Waals surface area (Å²) in [5, 5.41) is 6.58. The minimum Gasteiger partial charge on any atom is -0.444 e. The molecule has 1 heterocycles. The second kappa shape index (κ2) is 10.8. The Morgan fingerprint density at radius 3 is 2.26 bits per heavy atom. The summed E-state index contributed by atoms with van der Waals surface area (Å²) in [6.45, 7) is 13.1. The maximum absolute atomic E-state index is 12.4. The van der Waals surface area contributed by atoms with Gasteiger partial charge in [-0.15, -0.1) is 0 Å². The molecule has 0 aromatic heterocycles. The molecule has 7 nitrogen and oxygen atoms in total. The maximum Gasteiger partial charge on any atom is 0.410 e. The lowest BCUT2D eigenvalue weighted by atomic mass is 10.1. The number of likely N-dealkylation sites (tertiary alicyclic amines) is 1. The summed E-state index contributed by atoms with van der Waals surface area (Å²) >= 11 is 0. The maximum atomic E-state index is 12.4. The van der Waals surface area contributed by atoms with E-state index < -0.39 is 17.3 Å². The van der Waals surface area contributed by atoms with E-state index in [1.54, 1.807) is 4.90 Å². The van der Waals surface area contributed by atoms with Crippen molar-refractivity contribution in [1.82, 2.24) is 15.5 Å². The highest BCUT2D eigenvalue weighted by molar-refractivity contribution is 5.68. The minimum absolute atomic E-state index is 0.207. The van der Waals surface area contributed by atoms with Crippen molar-refractivity contribution >= 4 is 12.2 Å². The number of rotatable bonds is 5. The van der Waals surface area contributed by atoms with Gasteiger partial charge in [0.25, 0.3) is 0 Å². The van der Waals surface area contributed by atoms with Crippen LogP contribution >= 0.6 is 0 Å². The molecule has 7 heteroatoms. The number of amides is 2. The first kappa shape index (κ1) is 25.0. The van der Waals surface area contributed by atoms with Crippen molar-refractivity contribution in [2.45, 2.75) is 84.1 Å². The molecule has 1 aliphatic heterocycles. The Morgan fingerprint density at radius 1 is 1.00 bits per heavy atom. The van der Waals surface area contributed by atoms with Crippen molar-refractivity contribution in [3.63, 3.8) is 0 Å². The highest BCUT2D eigenvalue weighted by atomic mass is 16.6. The summed E-state index contributed by atoms with van der Waals surface area (Å²) in [5.74, 6) is 0. The first-order chi connectivity index (χ1) is 14.4. The normalized spacial score (nSPS) is 18.6. The third kappa shape index (κ3) is 9.59. The van der Waals surface area contributed by atoms with Crippen molar-refractivity contribution in [1.29, 1.82) is 0 Å². The molecule has 2 amide bonds. The average molecular weight is 434 g/mol. The molecule has 0 bridgehead atoms. The van der Waals surface area contributed by atoms with Crippen LogP contribution in [0.1, 0.15) is 72.4 Å². The number of nitrogens with one attached hydrogen (secondary N) is 2. The van der Waals surface area contributed by atoms with Crippen LogP contribution in [0.25, 0.3) is 0 Å². The molecule has 0 spiro atoms. The van der Waals surface area contributed by atoms with E-state index in [0.29, 0.717) is 19.6 Å². The van der Waals surface area contributed by atoms with Gasteiger partial charge in [-0.25, -0.2) is 9.59 Å². The number of carbonyl (C=O) groups is 2. The van der Waals surface area contributed by atoms with Gasteiger partial charge in [-0.2, -0.15) is 0 Å². The summed E-state index contributed by atoms with van der Waals surface area (Å²) in [7, 11) is 0. The molecule has 174 valence electrons. The lowest BCUT2D eigenvalue weighted by Crippen LogP contribution is -2.42. The lowest BCUT2D eigenvalue weighted by molar-refractivity contribution is 0.0255. The van der Waals surface area contributed by atoms with Crippen molar-refractivity contribution in [2.75, 3.05) is 19.6 Å². The van der Waals surface area contributed by atoms with Crippen LogP contribution in [0.2, 0.25) is 0 Å². The van der Waals surface area contributed by atoms with Crippen LogP contribution in [-0.4, -0.2) is 54.0 Å². The Bertz CT molecular complexity index is 710. The fourth-order valence-electron chi connectivity index (χ4n) is 3.48. The van der Waals surface area contributed by atoms with Gasteiger partial charge >= 0.3 is 12.2 Å².